The molecule has 8 nitrogen and oxygen atoms in total. The van der Waals surface area contributed by atoms with Gasteiger partial charge in [-0.1, -0.05) is 12.1 Å². The third-order valence-electron chi connectivity index (χ3n) is 4.50. The fourth-order valence-corrected chi connectivity index (χ4v) is 4.58. The van der Waals surface area contributed by atoms with Crippen molar-refractivity contribution in [2.75, 3.05) is 19.8 Å². The minimum atomic E-state index is -3.48. The van der Waals surface area contributed by atoms with E-state index < -0.39 is 10.0 Å². The Labute approximate surface area is 167 Å². The van der Waals surface area contributed by atoms with E-state index in [9.17, 15) is 13.2 Å². The molecule has 3 rings (SSSR count). The van der Waals surface area contributed by atoms with E-state index >= 15 is 0 Å². The van der Waals surface area contributed by atoms with Gasteiger partial charge in [-0.15, -0.1) is 16.4 Å². The summed E-state index contributed by atoms with van der Waals surface area (Å²) in [5.74, 6) is -0.303. The second kappa shape index (κ2) is 7.46. The Bertz CT molecular complexity index is 1150. The summed E-state index contributed by atoms with van der Waals surface area (Å²) in [5.41, 5.74) is 9.05. The van der Waals surface area contributed by atoms with E-state index in [0.29, 0.717) is 15.4 Å². The molecule has 0 aliphatic carbocycles. The lowest BCUT2D eigenvalue weighted by Gasteiger charge is -2.11. The van der Waals surface area contributed by atoms with Crippen molar-refractivity contribution in [3.63, 3.8) is 0 Å². The van der Waals surface area contributed by atoms with E-state index in [1.54, 1.807) is 12.1 Å². The number of fused-ring (bicyclic) bond motifs is 1. The fraction of sp³-hybridized carbons (Fsp3) is 0.278. The van der Waals surface area contributed by atoms with Crippen LogP contribution in [0.4, 0.5) is 5.69 Å². The van der Waals surface area contributed by atoms with Crippen LogP contribution in [-0.2, 0) is 16.6 Å². The predicted octanol–water partition coefficient (Wildman–Crippen LogP) is 2.07. The fourth-order valence-electron chi connectivity index (χ4n) is 2.66. The van der Waals surface area contributed by atoms with Gasteiger partial charge in [0, 0.05) is 26.0 Å². The standard InChI is InChI=1S/C18H21N5O3S2/c1-10-11(2)21-22-18-14(10)15(19)16(27-18)17(24)20-9-12-5-7-13(8-6-12)28(25,26)23(3)4/h5-8H,9,19H2,1-4H3,(H,20,24). The third kappa shape index (κ3) is 3.58. The number of nitrogens with two attached hydrogens (primary N) is 1. The van der Waals surface area contributed by atoms with Crippen molar-refractivity contribution in [3.8, 4) is 0 Å². The molecule has 2 heterocycles. The van der Waals surface area contributed by atoms with Crippen molar-refractivity contribution in [2.24, 2.45) is 0 Å². The molecule has 0 aliphatic heterocycles. The average molecular weight is 420 g/mol. The number of nitrogens with one attached hydrogen (secondary N) is 1. The molecule has 1 amide bonds. The van der Waals surface area contributed by atoms with Gasteiger partial charge in [-0.05, 0) is 37.1 Å². The van der Waals surface area contributed by atoms with Crippen molar-refractivity contribution in [3.05, 3.63) is 46.0 Å². The van der Waals surface area contributed by atoms with Crippen LogP contribution in [0.1, 0.15) is 26.5 Å². The molecule has 1 aromatic carbocycles. The number of rotatable bonds is 5. The summed E-state index contributed by atoms with van der Waals surface area (Å²) in [6, 6.07) is 6.38. The van der Waals surface area contributed by atoms with E-state index in [2.05, 4.69) is 15.5 Å². The number of carbonyl (C=O) groups excluding carboxylic acids is 1. The van der Waals surface area contributed by atoms with Gasteiger partial charge in [-0.3, -0.25) is 4.79 Å². The minimum absolute atomic E-state index is 0.200. The zero-order valence-corrected chi connectivity index (χ0v) is 17.6. The molecule has 148 valence electrons. The van der Waals surface area contributed by atoms with E-state index in [0.717, 1.165) is 26.5 Å². The molecule has 0 atom stereocenters. The van der Waals surface area contributed by atoms with Gasteiger partial charge in [0.15, 0.2) is 0 Å². The summed E-state index contributed by atoms with van der Waals surface area (Å²) < 4.78 is 25.4. The highest BCUT2D eigenvalue weighted by Crippen LogP contribution is 2.34. The maximum atomic E-state index is 12.6. The number of aromatic nitrogens is 2. The summed E-state index contributed by atoms with van der Waals surface area (Å²) in [5, 5.41) is 11.8. The molecule has 3 aromatic rings. The van der Waals surface area contributed by atoms with Crippen molar-refractivity contribution in [1.82, 2.24) is 19.8 Å². The monoisotopic (exact) mass is 419 g/mol. The van der Waals surface area contributed by atoms with Crippen LogP contribution in [0.2, 0.25) is 0 Å². The molecule has 0 spiro atoms. The number of carbonyl (C=O) groups is 1. The smallest absolute Gasteiger partial charge is 0.263 e. The second-order valence-electron chi connectivity index (χ2n) is 6.55. The molecule has 0 unspecified atom stereocenters. The molecule has 28 heavy (non-hydrogen) atoms. The molecule has 0 fully saturated rings. The SMILES string of the molecule is Cc1nnc2sc(C(=O)NCc3ccc(S(=O)(=O)N(C)C)cc3)c(N)c2c1C. The number of benzene rings is 1. The molecule has 0 saturated carbocycles. The molecule has 0 bridgehead atoms. The van der Waals surface area contributed by atoms with Crippen LogP contribution in [0.25, 0.3) is 10.2 Å². The van der Waals surface area contributed by atoms with E-state index in [4.69, 9.17) is 5.73 Å². The lowest BCUT2D eigenvalue weighted by atomic mass is 10.1. The number of sulfonamides is 1. The molecular formula is C18H21N5O3S2. The Kier molecular flexibility index (Phi) is 5.37. The maximum Gasteiger partial charge on any atom is 0.263 e. The minimum Gasteiger partial charge on any atom is -0.397 e. The maximum absolute atomic E-state index is 12.6. The first-order valence-electron chi connectivity index (χ1n) is 8.44. The Hall–Kier alpha value is -2.56. The van der Waals surface area contributed by atoms with E-state index in [1.165, 1.54) is 37.6 Å². The highest BCUT2D eigenvalue weighted by atomic mass is 32.2. The Morgan fingerprint density at radius 1 is 1.18 bits per heavy atom. The predicted molar refractivity (Wildman–Crippen MR) is 110 cm³/mol. The average Bonchev–Trinajstić information content (AvgIpc) is 3.00. The first kappa shape index (κ1) is 20.2. The van der Waals surface area contributed by atoms with E-state index in [1.807, 2.05) is 13.8 Å². The van der Waals surface area contributed by atoms with Crippen LogP contribution < -0.4 is 11.1 Å². The van der Waals surface area contributed by atoms with Gasteiger partial charge in [0.25, 0.3) is 5.91 Å². The summed E-state index contributed by atoms with van der Waals surface area (Å²) in [4.78, 5) is 13.8. The molecule has 2 aromatic heterocycles. The van der Waals surface area contributed by atoms with Crippen molar-refractivity contribution < 1.29 is 13.2 Å². The number of amides is 1. The summed E-state index contributed by atoms with van der Waals surface area (Å²) in [6.45, 7) is 4.00. The van der Waals surface area contributed by atoms with Crippen LogP contribution in [-0.4, -0.2) is 42.9 Å². The summed E-state index contributed by atoms with van der Waals surface area (Å²) in [7, 11) is -0.520. The Balaban J connectivity index is 1.77. The topological polar surface area (TPSA) is 118 Å². The zero-order valence-electron chi connectivity index (χ0n) is 16.0. The zero-order chi connectivity index (χ0) is 20.6. The molecule has 10 heteroatoms. The van der Waals surface area contributed by atoms with Crippen molar-refractivity contribution >= 4 is 43.2 Å². The highest BCUT2D eigenvalue weighted by molar-refractivity contribution is 7.89. The number of thiophene rings is 1. The van der Waals surface area contributed by atoms with Crippen molar-refractivity contribution in [1.29, 1.82) is 0 Å². The van der Waals surface area contributed by atoms with Crippen LogP contribution in [0.5, 0.6) is 0 Å². The highest BCUT2D eigenvalue weighted by Gasteiger charge is 2.20. The number of hydrogen-bond acceptors (Lipinski definition) is 7. The van der Waals surface area contributed by atoms with Gasteiger partial charge in [0.2, 0.25) is 10.0 Å². The van der Waals surface area contributed by atoms with Gasteiger partial charge < -0.3 is 11.1 Å². The van der Waals surface area contributed by atoms with Gasteiger partial charge in [0.1, 0.15) is 9.71 Å². The Morgan fingerprint density at radius 3 is 2.43 bits per heavy atom. The molecule has 3 N–H and O–H groups in total. The summed E-state index contributed by atoms with van der Waals surface area (Å²) in [6.07, 6.45) is 0. The second-order valence-corrected chi connectivity index (χ2v) is 9.70. The molecule has 0 radical (unpaired) electrons. The Morgan fingerprint density at radius 2 is 1.82 bits per heavy atom. The van der Waals surface area contributed by atoms with Crippen molar-refractivity contribution in [2.45, 2.75) is 25.3 Å². The number of hydrogen-bond donors (Lipinski definition) is 2. The molecule has 0 saturated heterocycles. The van der Waals surface area contributed by atoms with E-state index in [-0.39, 0.29) is 17.3 Å². The first-order chi connectivity index (χ1) is 13.1. The first-order valence-corrected chi connectivity index (χ1v) is 10.7. The number of anilines is 1. The largest absolute Gasteiger partial charge is 0.397 e. The van der Waals surface area contributed by atoms with Gasteiger partial charge in [-0.2, -0.15) is 5.10 Å². The van der Waals surface area contributed by atoms with Crippen LogP contribution in [0.3, 0.4) is 0 Å². The van der Waals surface area contributed by atoms with Gasteiger partial charge in [-0.25, -0.2) is 12.7 Å². The molecule has 0 aliphatic rings. The van der Waals surface area contributed by atoms with Gasteiger partial charge in [0.05, 0.1) is 16.3 Å². The van der Waals surface area contributed by atoms with Gasteiger partial charge >= 0.3 is 0 Å². The third-order valence-corrected chi connectivity index (χ3v) is 7.41. The number of nitrogen functional groups attached to an aromatic ring is 1. The van der Waals surface area contributed by atoms with Crippen LogP contribution >= 0.6 is 11.3 Å². The lowest BCUT2D eigenvalue weighted by Crippen LogP contribution is -2.23. The quantitative estimate of drug-likeness (QED) is 0.654. The van der Waals surface area contributed by atoms with Crippen LogP contribution in [0, 0.1) is 13.8 Å². The summed E-state index contributed by atoms with van der Waals surface area (Å²) >= 11 is 1.20. The number of nitrogens with zero attached hydrogens (tertiary/aromatic N) is 3. The van der Waals surface area contributed by atoms with Crippen LogP contribution in [0.15, 0.2) is 29.2 Å². The lowest BCUT2D eigenvalue weighted by molar-refractivity contribution is 0.0956. The number of aryl methyl sites for hydroxylation is 2. The normalized spacial score (nSPS) is 11.9. The molecular weight excluding hydrogens is 398 g/mol.